The third-order valence-corrected chi connectivity index (χ3v) is 6.30. The van der Waals surface area contributed by atoms with E-state index < -0.39 is 23.3 Å². The lowest BCUT2D eigenvalue weighted by Gasteiger charge is -2.31. The summed E-state index contributed by atoms with van der Waals surface area (Å²) >= 11 is 0. The number of carbonyl (C=O) groups excluding carboxylic acids is 3. The van der Waals surface area contributed by atoms with E-state index in [4.69, 9.17) is 0 Å². The van der Waals surface area contributed by atoms with Crippen molar-refractivity contribution >= 4 is 17.8 Å². The fourth-order valence-corrected chi connectivity index (χ4v) is 4.12. The Hall–Kier alpha value is -3.22. The SMILES string of the molecule is CC(C1CC1)N(Cc1ccccc1)C(=O)CN1C(=O)NC(C)(c2ccc(F)cc2)C1=O. The molecule has 0 radical (unpaired) electrons. The topological polar surface area (TPSA) is 69.7 Å². The average molecular weight is 423 g/mol. The van der Waals surface area contributed by atoms with Crippen molar-refractivity contribution in [1.29, 1.82) is 0 Å². The molecule has 1 saturated heterocycles. The van der Waals surface area contributed by atoms with Crippen molar-refractivity contribution < 1.29 is 18.8 Å². The summed E-state index contributed by atoms with van der Waals surface area (Å²) in [5, 5.41) is 2.67. The molecule has 4 rings (SSSR count). The number of nitrogens with one attached hydrogen (secondary N) is 1. The van der Waals surface area contributed by atoms with Gasteiger partial charge in [0.15, 0.2) is 0 Å². The van der Waals surface area contributed by atoms with Crippen LogP contribution in [-0.4, -0.2) is 40.2 Å². The number of urea groups is 1. The molecule has 1 aliphatic heterocycles. The van der Waals surface area contributed by atoms with E-state index in [-0.39, 0.29) is 18.5 Å². The molecule has 6 nitrogen and oxygen atoms in total. The Balaban J connectivity index is 1.53. The van der Waals surface area contributed by atoms with Crippen LogP contribution in [0.15, 0.2) is 54.6 Å². The normalized spacial score (nSPS) is 21.7. The molecular formula is C24H26FN3O3. The summed E-state index contributed by atoms with van der Waals surface area (Å²) in [6, 6.07) is 14.5. The number of halogens is 1. The number of benzene rings is 2. The Kier molecular flexibility index (Phi) is 5.52. The molecule has 2 aliphatic rings. The quantitative estimate of drug-likeness (QED) is 0.694. The zero-order valence-corrected chi connectivity index (χ0v) is 17.7. The van der Waals surface area contributed by atoms with Gasteiger partial charge in [0.1, 0.15) is 17.9 Å². The molecule has 162 valence electrons. The smallest absolute Gasteiger partial charge is 0.325 e. The van der Waals surface area contributed by atoms with Crippen LogP contribution >= 0.6 is 0 Å². The lowest BCUT2D eigenvalue weighted by molar-refractivity contribution is -0.140. The number of hydrogen-bond donors (Lipinski definition) is 1. The fourth-order valence-electron chi connectivity index (χ4n) is 4.12. The van der Waals surface area contributed by atoms with Crippen LogP contribution in [0.2, 0.25) is 0 Å². The molecule has 4 amide bonds. The Morgan fingerprint density at radius 1 is 1.16 bits per heavy atom. The lowest BCUT2D eigenvalue weighted by Crippen LogP contribution is -2.47. The molecule has 0 bridgehead atoms. The van der Waals surface area contributed by atoms with Crippen LogP contribution < -0.4 is 5.32 Å². The first-order valence-corrected chi connectivity index (χ1v) is 10.5. The zero-order chi connectivity index (χ0) is 22.2. The van der Waals surface area contributed by atoms with Gasteiger partial charge < -0.3 is 10.2 Å². The molecule has 1 saturated carbocycles. The van der Waals surface area contributed by atoms with Gasteiger partial charge in [-0.2, -0.15) is 0 Å². The van der Waals surface area contributed by atoms with E-state index in [1.54, 1.807) is 11.8 Å². The number of rotatable bonds is 7. The first kappa shape index (κ1) is 21.0. The summed E-state index contributed by atoms with van der Waals surface area (Å²) in [5.74, 6) is -0.770. The molecule has 31 heavy (non-hydrogen) atoms. The van der Waals surface area contributed by atoms with Crippen molar-refractivity contribution in [3.8, 4) is 0 Å². The lowest BCUT2D eigenvalue weighted by atomic mass is 9.92. The van der Waals surface area contributed by atoms with Crippen molar-refractivity contribution in [2.24, 2.45) is 5.92 Å². The van der Waals surface area contributed by atoms with Gasteiger partial charge >= 0.3 is 6.03 Å². The van der Waals surface area contributed by atoms with Gasteiger partial charge in [0, 0.05) is 12.6 Å². The highest BCUT2D eigenvalue weighted by atomic mass is 19.1. The van der Waals surface area contributed by atoms with E-state index in [0.717, 1.165) is 23.3 Å². The van der Waals surface area contributed by atoms with Crippen molar-refractivity contribution in [2.45, 2.75) is 44.8 Å². The van der Waals surface area contributed by atoms with E-state index >= 15 is 0 Å². The summed E-state index contributed by atoms with van der Waals surface area (Å²) in [6.45, 7) is 3.69. The van der Waals surface area contributed by atoms with Crippen LogP contribution in [0.25, 0.3) is 0 Å². The van der Waals surface area contributed by atoms with Gasteiger partial charge in [-0.05, 0) is 55.9 Å². The average Bonchev–Trinajstić information content (AvgIpc) is 3.58. The maximum absolute atomic E-state index is 13.3. The van der Waals surface area contributed by atoms with Crippen LogP contribution in [0.3, 0.4) is 0 Å². The maximum Gasteiger partial charge on any atom is 0.325 e. The van der Waals surface area contributed by atoms with Gasteiger partial charge in [0.2, 0.25) is 5.91 Å². The van der Waals surface area contributed by atoms with Crippen LogP contribution in [0.4, 0.5) is 9.18 Å². The number of carbonyl (C=O) groups is 3. The summed E-state index contributed by atoms with van der Waals surface area (Å²) in [7, 11) is 0. The number of amides is 4. The second-order valence-electron chi connectivity index (χ2n) is 8.54. The van der Waals surface area contributed by atoms with Crippen molar-refractivity contribution in [2.75, 3.05) is 6.54 Å². The molecule has 2 atom stereocenters. The van der Waals surface area contributed by atoms with E-state index in [9.17, 15) is 18.8 Å². The molecule has 2 fully saturated rings. The molecule has 0 spiro atoms. The number of imide groups is 1. The largest absolute Gasteiger partial charge is 0.334 e. The third kappa shape index (κ3) is 4.17. The Morgan fingerprint density at radius 2 is 1.81 bits per heavy atom. The summed E-state index contributed by atoms with van der Waals surface area (Å²) < 4.78 is 13.3. The molecule has 1 heterocycles. The Morgan fingerprint density at radius 3 is 2.42 bits per heavy atom. The second kappa shape index (κ2) is 8.13. The maximum atomic E-state index is 13.3. The van der Waals surface area contributed by atoms with E-state index in [0.29, 0.717) is 18.0 Å². The van der Waals surface area contributed by atoms with Crippen LogP contribution in [0.5, 0.6) is 0 Å². The molecule has 2 aromatic rings. The van der Waals surface area contributed by atoms with E-state index in [1.807, 2.05) is 37.3 Å². The number of hydrogen-bond acceptors (Lipinski definition) is 3. The number of nitrogens with zero attached hydrogens (tertiary/aromatic N) is 2. The molecule has 2 aromatic carbocycles. The zero-order valence-electron chi connectivity index (χ0n) is 17.7. The molecule has 0 aromatic heterocycles. The monoisotopic (exact) mass is 423 g/mol. The van der Waals surface area contributed by atoms with Gasteiger partial charge in [-0.15, -0.1) is 0 Å². The summed E-state index contributed by atoms with van der Waals surface area (Å²) in [6.07, 6.45) is 2.15. The molecule has 1 N–H and O–H groups in total. The third-order valence-electron chi connectivity index (χ3n) is 6.30. The van der Waals surface area contributed by atoms with Gasteiger partial charge in [-0.1, -0.05) is 42.5 Å². The predicted octanol–water partition coefficient (Wildman–Crippen LogP) is 3.42. The van der Waals surface area contributed by atoms with Crippen LogP contribution in [-0.2, 0) is 21.7 Å². The minimum Gasteiger partial charge on any atom is -0.334 e. The fraction of sp³-hybridized carbons (Fsp3) is 0.375. The minimum absolute atomic E-state index is 0.0250. The van der Waals surface area contributed by atoms with Crippen molar-refractivity contribution in [3.05, 3.63) is 71.5 Å². The van der Waals surface area contributed by atoms with E-state index in [1.165, 1.54) is 24.3 Å². The molecular weight excluding hydrogens is 397 g/mol. The van der Waals surface area contributed by atoms with Crippen LogP contribution in [0, 0.1) is 11.7 Å². The Labute approximate surface area is 181 Å². The second-order valence-corrected chi connectivity index (χ2v) is 8.54. The molecule has 7 heteroatoms. The first-order valence-electron chi connectivity index (χ1n) is 10.5. The minimum atomic E-state index is -1.34. The van der Waals surface area contributed by atoms with E-state index in [2.05, 4.69) is 5.32 Å². The summed E-state index contributed by atoms with van der Waals surface area (Å²) in [4.78, 5) is 41.7. The first-order chi connectivity index (χ1) is 14.8. The van der Waals surface area contributed by atoms with Gasteiger partial charge in [0.05, 0.1) is 0 Å². The molecule has 1 aliphatic carbocycles. The highest BCUT2D eigenvalue weighted by Crippen LogP contribution is 2.36. The standard InChI is InChI=1S/C24H26FN3O3/c1-16(18-8-9-18)27(14-17-6-4-3-5-7-17)21(29)15-28-22(30)24(2,26-23(28)31)19-10-12-20(25)13-11-19/h3-7,10-13,16,18H,8-9,14-15H2,1-2H3,(H,26,31). The van der Waals surface area contributed by atoms with Crippen molar-refractivity contribution in [3.63, 3.8) is 0 Å². The van der Waals surface area contributed by atoms with Gasteiger partial charge in [-0.3, -0.25) is 14.5 Å². The van der Waals surface area contributed by atoms with Crippen molar-refractivity contribution in [1.82, 2.24) is 15.1 Å². The Bertz CT molecular complexity index is 991. The predicted molar refractivity (Wildman–Crippen MR) is 113 cm³/mol. The van der Waals surface area contributed by atoms with Crippen LogP contribution in [0.1, 0.15) is 37.8 Å². The summed E-state index contributed by atoms with van der Waals surface area (Å²) in [5.41, 5.74) is 0.128. The van der Waals surface area contributed by atoms with Gasteiger partial charge in [0.25, 0.3) is 5.91 Å². The highest BCUT2D eigenvalue weighted by molar-refractivity contribution is 6.09. The van der Waals surface area contributed by atoms with Gasteiger partial charge in [-0.25, -0.2) is 9.18 Å². The molecule has 2 unspecified atom stereocenters. The highest BCUT2D eigenvalue weighted by Gasteiger charge is 2.50.